The molecule has 1 aromatic rings. The van der Waals surface area contributed by atoms with E-state index in [1.54, 1.807) is 0 Å². The van der Waals surface area contributed by atoms with Gasteiger partial charge in [-0.05, 0) is 18.9 Å². The van der Waals surface area contributed by atoms with Gasteiger partial charge in [-0.3, -0.25) is 4.79 Å². The molecule has 0 unspecified atom stereocenters. The molecule has 0 heterocycles. The molecule has 1 aromatic carbocycles. The summed E-state index contributed by atoms with van der Waals surface area (Å²) >= 11 is 0. The molecular formula is C10H11BF3KO2. The van der Waals surface area contributed by atoms with E-state index in [0.29, 0.717) is 5.56 Å². The number of aryl methyl sites for hydroxylation is 2. The molecule has 0 spiro atoms. The fourth-order valence-corrected chi connectivity index (χ4v) is 1.51. The Kier molecular flexibility index (Phi) is 7.01. The van der Waals surface area contributed by atoms with Gasteiger partial charge in [0.05, 0.1) is 0 Å². The maximum absolute atomic E-state index is 12.5. The summed E-state index contributed by atoms with van der Waals surface area (Å²) < 4.78 is 37.4. The summed E-state index contributed by atoms with van der Waals surface area (Å²) in [6.45, 7) is -3.60. The zero-order chi connectivity index (χ0) is 12.3. The van der Waals surface area contributed by atoms with Crippen LogP contribution in [0.1, 0.15) is 17.5 Å². The predicted octanol–water partition coefficient (Wildman–Crippen LogP) is -0.929. The van der Waals surface area contributed by atoms with Crippen molar-refractivity contribution < 1.29 is 74.2 Å². The van der Waals surface area contributed by atoms with E-state index in [-0.39, 0.29) is 69.8 Å². The van der Waals surface area contributed by atoms with E-state index in [0.717, 1.165) is 6.07 Å². The first kappa shape index (κ1) is 17.2. The Morgan fingerprint density at radius 1 is 1.35 bits per heavy atom. The number of hydrogen-bond donors (Lipinski definition) is 1. The quantitative estimate of drug-likeness (QED) is 0.718. The summed E-state index contributed by atoms with van der Waals surface area (Å²) in [5.41, 5.74) is 0.151. The van der Waals surface area contributed by atoms with E-state index in [9.17, 15) is 17.7 Å². The largest absolute Gasteiger partial charge is 1.00 e. The molecule has 0 aromatic heterocycles. The van der Waals surface area contributed by atoms with Gasteiger partial charge in [0.1, 0.15) is 0 Å². The van der Waals surface area contributed by atoms with Crippen LogP contribution in [0.25, 0.3) is 0 Å². The molecule has 0 atom stereocenters. The van der Waals surface area contributed by atoms with Gasteiger partial charge < -0.3 is 18.1 Å². The Morgan fingerprint density at radius 2 is 1.94 bits per heavy atom. The van der Waals surface area contributed by atoms with Crippen LogP contribution < -0.4 is 56.8 Å². The van der Waals surface area contributed by atoms with Gasteiger partial charge in [-0.1, -0.05) is 23.8 Å². The number of carboxylic acid groups (broad SMARTS) is 1. The topological polar surface area (TPSA) is 37.3 Å². The molecule has 0 bridgehead atoms. The van der Waals surface area contributed by atoms with Crippen LogP contribution in [0.4, 0.5) is 12.9 Å². The first-order valence-corrected chi connectivity index (χ1v) is 4.82. The monoisotopic (exact) mass is 270 g/mol. The van der Waals surface area contributed by atoms with Crippen LogP contribution in [0.15, 0.2) is 18.2 Å². The van der Waals surface area contributed by atoms with Gasteiger partial charge in [0, 0.05) is 6.42 Å². The van der Waals surface area contributed by atoms with Crippen molar-refractivity contribution in [1.82, 2.24) is 0 Å². The second-order valence-electron chi connectivity index (χ2n) is 3.66. The van der Waals surface area contributed by atoms with Crippen molar-refractivity contribution in [2.75, 3.05) is 0 Å². The minimum atomic E-state index is -4.99. The molecule has 1 rings (SSSR count). The van der Waals surface area contributed by atoms with Crippen molar-refractivity contribution in [3.05, 3.63) is 29.3 Å². The molecule has 2 nitrogen and oxygen atoms in total. The number of hydrogen-bond acceptors (Lipinski definition) is 1. The summed E-state index contributed by atoms with van der Waals surface area (Å²) in [6, 6.07) is 3.75. The van der Waals surface area contributed by atoms with E-state index >= 15 is 0 Å². The smallest absolute Gasteiger partial charge is 0.481 e. The van der Waals surface area contributed by atoms with Gasteiger partial charge in [-0.25, -0.2) is 0 Å². The summed E-state index contributed by atoms with van der Waals surface area (Å²) in [6.07, 6.45) is 0.178. The summed E-state index contributed by atoms with van der Waals surface area (Å²) in [7, 11) is 0. The second-order valence-corrected chi connectivity index (χ2v) is 3.66. The van der Waals surface area contributed by atoms with Crippen LogP contribution >= 0.6 is 0 Å². The molecule has 0 aliphatic heterocycles. The number of aliphatic carboxylic acids is 1. The van der Waals surface area contributed by atoms with Crippen molar-refractivity contribution in [3.63, 3.8) is 0 Å². The Morgan fingerprint density at radius 3 is 2.35 bits per heavy atom. The molecule has 0 saturated heterocycles. The number of benzene rings is 1. The van der Waals surface area contributed by atoms with Crippen LogP contribution in [0.3, 0.4) is 0 Å². The normalized spacial score (nSPS) is 10.8. The van der Waals surface area contributed by atoms with Crippen molar-refractivity contribution in [1.29, 1.82) is 0 Å². The van der Waals surface area contributed by atoms with Crippen molar-refractivity contribution in [2.24, 2.45) is 0 Å². The van der Waals surface area contributed by atoms with Gasteiger partial charge in [-0.15, -0.1) is 5.46 Å². The van der Waals surface area contributed by atoms with Gasteiger partial charge in [-0.2, -0.15) is 0 Å². The minimum absolute atomic E-state index is 0. The molecule has 0 aliphatic rings. The number of carboxylic acids is 1. The maximum atomic E-state index is 12.5. The molecule has 0 radical (unpaired) electrons. The van der Waals surface area contributed by atoms with E-state index < -0.39 is 18.4 Å². The van der Waals surface area contributed by atoms with Crippen LogP contribution in [0.2, 0.25) is 0 Å². The van der Waals surface area contributed by atoms with E-state index in [4.69, 9.17) is 5.11 Å². The molecule has 7 heteroatoms. The molecule has 17 heavy (non-hydrogen) atoms. The van der Waals surface area contributed by atoms with Crippen LogP contribution in [0.5, 0.6) is 0 Å². The molecule has 88 valence electrons. The van der Waals surface area contributed by atoms with Crippen molar-refractivity contribution >= 4 is 18.4 Å². The Labute approximate surface area is 140 Å². The third-order valence-corrected chi connectivity index (χ3v) is 2.31. The van der Waals surface area contributed by atoms with E-state index in [1.165, 1.54) is 19.1 Å². The molecule has 0 fully saturated rings. The molecule has 0 amide bonds. The van der Waals surface area contributed by atoms with Crippen LogP contribution in [-0.4, -0.2) is 18.1 Å². The minimum Gasteiger partial charge on any atom is -0.481 e. The van der Waals surface area contributed by atoms with Gasteiger partial charge in [0.15, 0.2) is 0 Å². The Hall–Kier alpha value is 0.181. The molecule has 1 N–H and O–H groups in total. The number of halogens is 3. The first-order valence-electron chi connectivity index (χ1n) is 4.82. The van der Waals surface area contributed by atoms with Gasteiger partial charge >= 0.3 is 64.3 Å². The zero-order valence-electron chi connectivity index (χ0n) is 9.71. The Balaban J connectivity index is 0.00000256. The van der Waals surface area contributed by atoms with Gasteiger partial charge in [0.25, 0.3) is 0 Å². The molecular weight excluding hydrogens is 259 g/mol. The average Bonchev–Trinajstić information content (AvgIpc) is 2.12. The van der Waals surface area contributed by atoms with Crippen LogP contribution in [0, 0.1) is 6.92 Å². The number of rotatable bonds is 4. The molecule has 0 saturated carbocycles. The van der Waals surface area contributed by atoms with E-state index in [1.807, 2.05) is 0 Å². The fraction of sp³-hybridized carbons (Fsp3) is 0.300. The van der Waals surface area contributed by atoms with Crippen molar-refractivity contribution in [2.45, 2.75) is 19.8 Å². The van der Waals surface area contributed by atoms with Crippen LogP contribution in [-0.2, 0) is 11.2 Å². The van der Waals surface area contributed by atoms with Crippen molar-refractivity contribution in [3.8, 4) is 0 Å². The standard InChI is InChI=1S/C10H11BF3O2.K/c1-7-6-8(3-5-10(15)16)2-4-9(7)11(12,13)14;/h2,4,6H,3,5H2,1H3,(H,15,16);/q-1;+1. The summed E-state index contributed by atoms with van der Waals surface area (Å²) in [4.78, 5) is 10.3. The second kappa shape index (κ2) is 6.94. The van der Waals surface area contributed by atoms with E-state index in [2.05, 4.69) is 0 Å². The molecule has 0 aliphatic carbocycles. The zero-order valence-corrected chi connectivity index (χ0v) is 12.8. The first-order chi connectivity index (χ1) is 7.30. The number of carbonyl (C=O) groups is 1. The van der Waals surface area contributed by atoms with Gasteiger partial charge in [0.2, 0.25) is 0 Å². The summed E-state index contributed by atoms with van der Waals surface area (Å²) in [5, 5.41) is 8.45. The third kappa shape index (κ3) is 5.57. The fourth-order valence-electron chi connectivity index (χ4n) is 1.51. The summed E-state index contributed by atoms with van der Waals surface area (Å²) in [5.74, 6) is -0.957. The Bertz CT molecular complexity index is 407. The SMILES string of the molecule is Cc1cc(CCC(=O)O)ccc1[B-](F)(F)F.[K+]. The predicted molar refractivity (Wildman–Crippen MR) is 55.8 cm³/mol. The average molecular weight is 270 g/mol. The maximum Gasteiger partial charge on any atom is 1.00 e. The third-order valence-electron chi connectivity index (χ3n) is 2.31.